The maximum atomic E-state index is 5.07. The molecule has 26 rings (SSSR count). The molecule has 26 fully saturated rings. The quantitative estimate of drug-likeness (QED) is 0.109. The van der Waals surface area contributed by atoms with Crippen LogP contribution in [0.25, 0.3) is 0 Å². The molecule has 3 spiro atoms. The van der Waals surface area contributed by atoms with Crippen LogP contribution in [0.2, 0.25) is 0 Å². The largest absolute Gasteiger partial charge is 0.381 e. The van der Waals surface area contributed by atoms with Crippen LogP contribution in [0.15, 0.2) is 0 Å². The summed E-state index contributed by atoms with van der Waals surface area (Å²) < 4.78 is 19.7. The molecule has 0 aromatic rings. The van der Waals surface area contributed by atoms with Crippen molar-refractivity contribution in [3.05, 3.63) is 0 Å². The lowest BCUT2D eigenvalue weighted by atomic mass is 9.95. The first kappa shape index (κ1) is 98.8. The highest BCUT2D eigenvalue weighted by Crippen LogP contribution is 2.53. The van der Waals surface area contributed by atoms with E-state index in [0.717, 1.165) is 156 Å². The fraction of sp³-hybridized carbons (Fsp3) is 1.00. The molecule has 14 N–H and O–H groups in total. The Morgan fingerprint density at radius 2 is 0.540 bits per heavy atom. The number of piperidine rings is 7. The third-order valence-electron chi connectivity index (χ3n) is 26.5. The zero-order chi connectivity index (χ0) is 78.2. The Balaban J connectivity index is 0.000000150. The Labute approximate surface area is 708 Å². The summed E-state index contributed by atoms with van der Waals surface area (Å²) >= 11 is 6.21. The standard InChI is InChI=1S/2C7H13N.3C6H11N.C6H13N.2C5H9N.C5H11N.C5H10O.C5H10S.C4H10N2.C4H9NO.C4H9N.C4H8O.C4H8S.C3H7N.C3H6O.C3H6S/c1-2-7(1)3-5-8-6-4-7;1-2-7(3-4-7)6-8-5-1;1-2-7-4-6-3-5(1)6;1-2-6(1)3-4-7-5-6;1-2-5-4-6(5)7-3-1;1-2-4-6-7-5-3-1;1-4-2-6-3-5(1)4;1-2-6-5-3-4(1)5;3*1-2-4-6-5-3-1;1-2-6-4-3-5-1;1-3-6-4-2-5-1;3*1-2-4-5-3-1;3*1-2-4-3-1/h2*8H,1-6H2;5-7H,1-4H2;7H,1-5H2;5-7H,1-4H2;7H,1-6H2;2*4-6H,1-3H2;6H,1-5H2;2*1-5H2;5-6H,1-4H2;5H,1-4H2;5H,1-4H2;2*1-4H2;4H,1-3H2;2*1-3H2. The Hall–Kier alpha value is 0.330. The summed E-state index contributed by atoms with van der Waals surface area (Å²) in [6.07, 6.45) is 58.7. The van der Waals surface area contributed by atoms with Gasteiger partial charge in [0.2, 0.25) is 0 Å². The number of hydrogen-bond donors (Lipinski definition) is 14. The summed E-state index contributed by atoms with van der Waals surface area (Å²) in [5.41, 5.74) is 2.52. The lowest BCUT2D eigenvalue weighted by Gasteiger charge is -2.21. The van der Waals surface area contributed by atoms with Crippen LogP contribution in [-0.2, 0) is 18.9 Å². The molecule has 0 aromatic carbocycles. The first-order valence-corrected chi connectivity index (χ1v) is 52.6. The predicted molar refractivity (Wildman–Crippen MR) is 491 cm³/mol. The highest BCUT2D eigenvalue weighted by molar-refractivity contribution is 8.00. The monoisotopic (exact) mass is 1650 g/mol. The third-order valence-corrected chi connectivity index (χ3v) is 30.0. The molecule has 113 heavy (non-hydrogen) atoms. The van der Waals surface area contributed by atoms with E-state index in [1.807, 2.05) is 11.8 Å². The van der Waals surface area contributed by atoms with Crippen molar-refractivity contribution in [3.63, 3.8) is 0 Å². The Bertz CT molecular complexity index is 1750. The Kier molecular flexibility index (Phi) is 58.4. The van der Waals surface area contributed by atoms with Gasteiger partial charge in [-0.15, -0.1) is 0 Å². The van der Waals surface area contributed by atoms with Gasteiger partial charge in [0, 0.05) is 104 Å². The van der Waals surface area contributed by atoms with Crippen LogP contribution in [0.4, 0.5) is 0 Å². The summed E-state index contributed by atoms with van der Waals surface area (Å²) in [7, 11) is 0. The van der Waals surface area contributed by atoms with Gasteiger partial charge in [-0.25, -0.2) is 0 Å². The number of piperazine rings is 1. The second-order valence-electron chi connectivity index (χ2n) is 37.0. The van der Waals surface area contributed by atoms with Gasteiger partial charge in [-0.05, 0) is 442 Å². The summed E-state index contributed by atoms with van der Waals surface area (Å²) in [5.74, 6) is 15.1. The topological polar surface area (TPSA) is 205 Å². The van der Waals surface area contributed by atoms with Crippen molar-refractivity contribution in [3.8, 4) is 0 Å². The van der Waals surface area contributed by atoms with E-state index in [2.05, 4.69) is 98.0 Å². The fourth-order valence-electron chi connectivity index (χ4n) is 16.5. The number of morpholine rings is 1. The average Bonchev–Trinajstić information content (AvgIpc) is 1.70. The molecule has 19 heterocycles. The zero-order valence-corrected chi connectivity index (χ0v) is 75.7. The maximum absolute atomic E-state index is 5.07. The van der Waals surface area contributed by atoms with Crippen molar-refractivity contribution >= 4 is 35.3 Å². The van der Waals surface area contributed by atoms with Crippen molar-refractivity contribution in [1.29, 1.82) is 0 Å². The summed E-state index contributed by atoms with van der Waals surface area (Å²) in [4.78, 5) is 0. The second kappa shape index (κ2) is 66.8. The third kappa shape index (κ3) is 54.5. The van der Waals surface area contributed by atoms with Crippen LogP contribution in [0.3, 0.4) is 0 Å². The molecular weight excluding hydrogens is 1460 g/mol. The van der Waals surface area contributed by atoms with Gasteiger partial charge in [0.05, 0.1) is 13.2 Å². The van der Waals surface area contributed by atoms with Gasteiger partial charge >= 0.3 is 0 Å². The summed E-state index contributed by atoms with van der Waals surface area (Å²) in [6, 6.07) is 1.92. The minimum absolute atomic E-state index is 0.818. The van der Waals surface area contributed by atoms with Crippen LogP contribution >= 0.6 is 35.3 Å². The lowest BCUT2D eigenvalue weighted by molar-refractivity contribution is 0.0367. The molecule has 7 saturated carbocycles. The van der Waals surface area contributed by atoms with Gasteiger partial charge < -0.3 is 93.4 Å². The second-order valence-corrected chi connectivity index (χ2v) is 40.7. The van der Waals surface area contributed by atoms with E-state index >= 15 is 0 Å². The number of thioether (sulfide) groups is 3. The normalized spacial score (nSPS) is 31.9. The van der Waals surface area contributed by atoms with Crippen LogP contribution in [0.1, 0.15) is 263 Å². The lowest BCUT2D eigenvalue weighted by Crippen LogP contribution is -2.39. The van der Waals surface area contributed by atoms with E-state index in [9.17, 15) is 0 Å². The molecule has 8 unspecified atom stereocenters. The molecule has 7 aliphatic carbocycles. The van der Waals surface area contributed by atoms with Crippen LogP contribution in [0.5, 0.6) is 0 Å². The van der Waals surface area contributed by atoms with Crippen LogP contribution in [-0.4, -0.2) is 270 Å². The predicted octanol–water partition coefficient (Wildman–Crippen LogP) is 13.0. The Morgan fingerprint density at radius 1 is 0.195 bits per heavy atom. The van der Waals surface area contributed by atoms with E-state index in [0.29, 0.717) is 0 Å². The van der Waals surface area contributed by atoms with Crippen molar-refractivity contribution in [1.82, 2.24) is 74.4 Å². The molecule has 0 aromatic heterocycles. The van der Waals surface area contributed by atoms with Gasteiger partial charge in [-0.2, -0.15) is 35.3 Å². The van der Waals surface area contributed by atoms with Crippen molar-refractivity contribution in [2.75, 3.05) is 258 Å². The first-order valence-electron chi connectivity index (χ1n) is 49.1. The number of ether oxygens (including phenoxy) is 4. The molecule has 18 nitrogen and oxygen atoms in total. The van der Waals surface area contributed by atoms with E-state index in [4.69, 9.17) is 18.9 Å². The van der Waals surface area contributed by atoms with Crippen LogP contribution < -0.4 is 74.4 Å². The molecule has 8 atom stereocenters. The van der Waals surface area contributed by atoms with Crippen molar-refractivity contribution in [2.45, 2.75) is 275 Å². The Morgan fingerprint density at radius 3 is 0.788 bits per heavy atom. The smallest absolute Gasteiger partial charge is 0.0591 e. The SMILES string of the molecule is C1CC2(CC2)CN1.C1CC2(CCN1)CC2.C1CC2CC2CN1.C1CC2CC2N1.C1CCCNCC1.C1CCNC1.C1CCNCC1.C1CCOC1.C1CCOCC1.C1CCSC1.C1CCSCC1.C1CNC1.C1CNC2CC2C1.C1CNCC2(C1)CC2.C1CNCCN1.C1COC1.C1COCCN1.C1CSC1.C1NCC2CC12. The van der Waals surface area contributed by atoms with E-state index in [-0.39, 0.29) is 0 Å². The summed E-state index contributed by atoms with van der Waals surface area (Å²) in [5, 5.41) is 46.3. The van der Waals surface area contributed by atoms with Crippen molar-refractivity contribution in [2.24, 2.45) is 51.8 Å². The number of fused-ring (bicyclic) bond motifs is 4. The van der Waals surface area contributed by atoms with E-state index in [1.54, 1.807) is 0 Å². The van der Waals surface area contributed by atoms with E-state index in [1.165, 1.54) is 429 Å². The summed E-state index contributed by atoms with van der Waals surface area (Å²) in [6.45, 7) is 39.9. The van der Waals surface area contributed by atoms with Gasteiger partial charge in [0.15, 0.2) is 0 Å². The fourth-order valence-corrected chi connectivity index (χ4v) is 18.9. The van der Waals surface area contributed by atoms with Gasteiger partial charge in [-0.1, -0.05) is 25.7 Å². The minimum Gasteiger partial charge on any atom is -0.381 e. The molecule has 0 amide bonds. The number of rotatable bonds is 0. The molecule has 19 aliphatic heterocycles. The maximum Gasteiger partial charge on any atom is 0.0591 e. The van der Waals surface area contributed by atoms with Gasteiger partial charge in [0.25, 0.3) is 0 Å². The van der Waals surface area contributed by atoms with Crippen LogP contribution in [0, 0.1) is 51.8 Å². The molecular formula is C92H184N14O4S3. The highest BCUT2D eigenvalue weighted by Gasteiger charge is 2.46. The molecule has 664 valence electrons. The van der Waals surface area contributed by atoms with E-state index < -0.39 is 0 Å². The number of nitrogens with one attached hydrogen (secondary N) is 14. The minimum atomic E-state index is 0.818. The average molecular weight is 1650 g/mol. The first-order chi connectivity index (χ1) is 56.1. The molecule has 0 bridgehead atoms. The molecule has 21 heteroatoms. The van der Waals surface area contributed by atoms with Crippen molar-refractivity contribution < 1.29 is 18.9 Å². The highest BCUT2D eigenvalue weighted by atomic mass is 32.2. The molecule has 26 aliphatic rings. The number of hydrogen-bond acceptors (Lipinski definition) is 21. The van der Waals surface area contributed by atoms with Gasteiger partial charge in [0.1, 0.15) is 0 Å². The molecule has 19 saturated heterocycles. The van der Waals surface area contributed by atoms with Gasteiger partial charge in [-0.3, -0.25) is 0 Å². The zero-order valence-electron chi connectivity index (χ0n) is 73.3. The molecule has 0 radical (unpaired) electrons.